The zero-order chi connectivity index (χ0) is 11.0. The van der Waals surface area contributed by atoms with Crippen molar-refractivity contribution in [3.8, 4) is 5.75 Å². The minimum absolute atomic E-state index is 0.0729. The van der Waals surface area contributed by atoms with Gasteiger partial charge >= 0.3 is 5.63 Å². The highest BCUT2D eigenvalue weighted by atomic mass is 32.1. The molecular formula is C11H8O3S. The van der Waals surface area contributed by atoms with Crippen molar-refractivity contribution in [2.24, 2.45) is 0 Å². The van der Waals surface area contributed by atoms with Gasteiger partial charge in [-0.1, -0.05) is 24.4 Å². The van der Waals surface area contributed by atoms with Crippen LogP contribution in [0.4, 0.5) is 0 Å². The van der Waals surface area contributed by atoms with Crippen LogP contribution in [0.1, 0.15) is 12.5 Å². The van der Waals surface area contributed by atoms with Gasteiger partial charge < -0.3 is 9.52 Å². The Hall–Kier alpha value is -1.68. The standard InChI is InChI=1S/C11H8O3S/c1-6(15)9-10(12)7-4-2-3-5-8(7)14-11(9)13/h2-5,12H,1H3. The van der Waals surface area contributed by atoms with Gasteiger partial charge in [0.25, 0.3) is 0 Å². The summed E-state index contributed by atoms with van der Waals surface area (Å²) in [5.74, 6) is -0.102. The minimum Gasteiger partial charge on any atom is -0.506 e. The van der Waals surface area contributed by atoms with E-state index in [9.17, 15) is 9.90 Å². The van der Waals surface area contributed by atoms with E-state index in [1.807, 2.05) is 0 Å². The normalized spacial score (nSPS) is 10.5. The van der Waals surface area contributed by atoms with E-state index in [2.05, 4.69) is 0 Å². The molecule has 0 radical (unpaired) electrons. The number of hydrogen-bond acceptors (Lipinski definition) is 4. The van der Waals surface area contributed by atoms with Crippen LogP contribution < -0.4 is 5.63 Å². The Bertz CT molecular complexity index is 598. The second kappa shape index (κ2) is 3.47. The summed E-state index contributed by atoms with van der Waals surface area (Å²) in [5, 5.41) is 10.3. The number of rotatable bonds is 1. The monoisotopic (exact) mass is 220 g/mol. The second-order valence-electron chi connectivity index (χ2n) is 3.17. The molecule has 1 aromatic carbocycles. The smallest absolute Gasteiger partial charge is 0.348 e. The summed E-state index contributed by atoms with van der Waals surface area (Å²) in [5.41, 5.74) is -0.164. The van der Waals surface area contributed by atoms with Crippen LogP contribution in [0.25, 0.3) is 11.0 Å². The quantitative estimate of drug-likeness (QED) is 0.455. The van der Waals surface area contributed by atoms with E-state index in [0.717, 1.165) is 0 Å². The first-order valence-electron chi connectivity index (χ1n) is 4.37. The Morgan fingerprint density at radius 3 is 2.73 bits per heavy atom. The summed E-state index contributed by atoms with van der Waals surface area (Å²) in [6.07, 6.45) is 0. The van der Waals surface area contributed by atoms with Gasteiger partial charge in [0.15, 0.2) is 0 Å². The largest absolute Gasteiger partial charge is 0.506 e. The number of thiocarbonyl (C=S) groups is 1. The van der Waals surface area contributed by atoms with Gasteiger partial charge in [0.1, 0.15) is 16.9 Å². The number of fused-ring (bicyclic) bond motifs is 1. The summed E-state index contributed by atoms with van der Waals surface area (Å²) in [7, 11) is 0. The highest BCUT2D eigenvalue weighted by Gasteiger charge is 2.14. The van der Waals surface area contributed by atoms with Crippen LogP contribution >= 0.6 is 12.2 Å². The fraction of sp³-hybridized carbons (Fsp3) is 0.0909. The van der Waals surface area contributed by atoms with Gasteiger partial charge in [0, 0.05) is 4.86 Å². The lowest BCUT2D eigenvalue weighted by atomic mass is 10.1. The third-order valence-corrected chi connectivity index (χ3v) is 2.34. The van der Waals surface area contributed by atoms with Crippen molar-refractivity contribution in [1.82, 2.24) is 0 Å². The molecule has 1 aromatic heterocycles. The molecule has 0 fully saturated rings. The lowest BCUT2D eigenvalue weighted by Gasteiger charge is -2.03. The summed E-state index contributed by atoms with van der Waals surface area (Å²) in [4.78, 5) is 11.8. The maximum Gasteiger partial charge on any atom is 0.348 e. The molecule has 0 amide bonds. The highest BCUT2D eigenvalue weighted by Crippen LogP contribution is 2.26. The van der Waals surface area contributed by atoms with Crippen molar-refractivity contribution in [3.05, 3.63) is 40.2 Å². The predicted octanol–water partition coefficient (Wildman–Crippen LogP) is 2.24. The highest BCUT2D eigenvalue weighted by molar-refractivity contribution is 7.80. The third-order valence-electron chi connectivity index (χ3n) is 2.14. The van der Waals surface area contributed by atoms with Gasteiger partial charge in [-0.2, -0.15) is 0 Å². The van der Waals surface area contributed by atoms with E-state index in [1.54, 1.807) is 31.2 Å². The summed E-state index contributed by atoms with van der Waals surface area (Å²) < 4.78 is 5.03. The second-order valence-corrected chi connectivity index (χ2v) is 3.78. The number of para-hydroxylation sites is 1. The SMILES string of the molecule is CC(=S)c1c(O)c2ccccc2oc1=O. The maximum absolute atomic E-state index is 11.5. The van der Waals surface area contributed by atoms with Crippen molar-refractivity contribution in [2.75, 3.05) is 0 Å². The molecule has 0 unspecified atom stereocenters. The van der Waals surface area contributed by atoms with Gasteiger partial charge in [-0.25, -0.2) is 4.79 Å². The topological polar surface area (TPSA) is 50.4 Å². The number of aromatic hydroxyl groups is 1. The Morgan fingerprint density at radius 1 is 1.40 bits per heavy atom. The van der Waals surface area contributed by atoms with E-state index in [0.29, 0.717) is 15.8 Å². The molecule has 2 rings (SSSR count). The molecule has 0 aliphatic carbocycles. The first-order chi connectivity index (χ1) is 7.11. The molecule has 15 heavy (non-hydrogen) atoms. The zero-order valence-electron chi connectivity index (χ0n) is 7.98. The zero-order valence-corrected chi connectivity index (χ0v) is 8.80. The fourth-order valence-corrected chi connectivity index (χ4v) is 1.62. The average Bonchev–Trinajstić information content (AvgIpc) is 2.17. The molecule has 0 atom stereocenters. The lowest BCUT2D eigenvalue weighted by molar-refractivity contribution is 0.466. The molecule has 1 N–H and O–H groups in total. The Kier molecular flexibility index (Phi) is 2.28. The van der Waals surface area contributed by atoms with E-state index in [1.165, 1.54) is 0 Å². The summed E-state index contributed by atoms with van der Waals surface area (Å²) >= 11 is 4.88. The molecule has 1 heterocycles. The molecule has 0 saturated carbocycles. The van der Waals surface area contributed by atoms with Gasteiger partial charge in [0.05, 0.1) is 5.39 Å². The van der Waals surface area contributed by atoms with Crippen molar-refractivity contribution >= 4 is 28.1 Å². The molecule has 2 aromatic rings. The summed E-state index contributed by atoms with van der Waals surface area (Å²) in [6, 6.07) is 6.79. The third kappa shape index (κ3) is 1.53. The Labute approximate surface area is 91.0 Å². The number of hydrogen-bond donors (Lipinski definition) is 1. The van der Waals surface area contributed by atoms with E-state index >= 15 is 0 Å². The molecule has 0 aliphatic rings. The fourth-order valence-electron chi connectivity index (χ4n) is 1.44. The minimum atomic E-state index is -0.598. The first kappa shape index (κ1) is 9.86. The van der Waals surface area contributed by atoms with Gasteiger partial charge in [-0.3, -0.25) is 0 Å². The molecule has 76 valence electrons. The average molecular weight is 220 g/mol. The molecule has 0 saturated heterocycles. The molecule has 0 aliphatic heterocycles. The van der Waals surface area contributed by atoms with Crippen molar-refractivity contribution in [3.63, 3.8) is 0 Å². The molecule has 4 heteroatoms. The van der Waals surface area contributed by atoms with Crippen LogP contribution in [-0.2, 0) is 0 Å². The molecule has 0 spiro atoms. The van der Waals surface area contributed by atoms with Gasteiger partial charge in [0.2, 0.25) is 0 Å². The van der Waals surface area contributed by atoms with Gasteiger partial charge in [-0.15, -0.1) is 0 Å². The first-order valence-corrected chi connectivity index (χ1v) is 4.78. The van der Waals surface area contributed by atoms with Crippen LogP contribution in [0, 0.1) is 0 Å². The Balaban J connectivity index is 2.97. The van der Waals surface area contributed by atoms with Crippen LogP contribution in [0.5, 0.6) is 5.75 Å². The van der Waals surface area contributed by atoms with Crippen LogP contribution in [-0.4, -0.2) is 9.97 Å². The molecule has 0 bridgehead atoms. The van der Waals surface area contributed by atoms with Gasteiger partial charge in [-0.05, 0) is 19.1 Å². The summed E-state index contributed by atoms with van der Waals surface area (Å²) in [6.45, 7) is 1.58. The van der Waals surface area contributed by atoms with E-state index in [-0.39, 0.29) is 11.3 Å². The van der Waals surface area contributed by atoms with E-state index in [4.69, 9.17) is 16.6 Å². The molecule has 3 nitrogen and oxygen atoms in total. The Morgan fingerprint density at radius 2 is 2.07 bits per heavy atom. The van der Waals surface area contributed by atoms with E-state index < -0.39 is 5.63 Å². The molecular weight excluding hydrogens is 212 g/mol. The maximum atomic E-state index is 11.5. The van der Waals surface area contributed by atoms with Crippen molar-refractivity contribution in [1.29, 1.82) is 0 Å². The van der Waals surface area contributed by atoms with Crippen molar-refractivity contribution in [2.45, 2.75) is 6.92 Å². The van der Waals surface area contributed by atoms with Crippen LogP contribution in [0.2, 0.25) is 0 Å². The number of benzene rings is 1. The van der Waals surface area contributed by atoms with Crippen molar-refractivity contribution < 1.29 is 9.52 Å². The van der Waals surface area contributed by atoms with Crippen LogP contribution in [0.3, 0.4) is 0 Å². The predicted molar refractivity (Wildman–Crippen MR) is 61.5 cm³/mol. The lowest BCUT2D eigenvalue weighted by Crippen LogP contribution is -2.11. The van der Waals surface area contributed by atoms with Crippen LogP contribution in [0.15, 0.2) is 33.5 Å².